The highest BCUT2D eigenvalue weighted by atomic mass is 16.7. The molecule has 1 aliphatic heterocycles. The molecule has 4 aromatic rings. The van der Waals surface area contributed by atoms with Gasteiger partial charge in [0.25, 0.3) is 5.91 Å². The van der Waals surface area contributed by atoms with Crippen LogP contribution in [0.3, 0.4) is 0 Å². The summed E-state index contributed by atoms with van der Waals surface area (Å²) in [6.07, 6.45) is 1.50. The number of hydrogen-bond donors (Lipinski definition) is 1. The van der Waals surface area contributed by atoms with Crippen molar-refractivity contribution in [2.24, 2.45) is 0 Å². The Labute approximate surface area is 196 Å². The quantitative estimate of drug-likeness (QED) is 0.467. The van der Waals surface area contributed by atoms with E-state index in [1.807, 2.05) is 56.3 Å². The summed E-state index contributed by atoms with van der Waals surface area (Å²) < 4.78 is 18.9. The Morgan fingerprint density at radius 3 is 2.85 bits per heavy atom. The van der Waals surface area contributed by atoms with Gasteiger partial charge >= 0.3 is 0 Å². The highest BCUT2D eigenvalue weighted by Crippen LogP contribution is 2.26. The lowest BCUT2D eigenvalue weighted by molar-refractivity contribution is -0.141. The second kappa shape index (κ2) is 8.85. The fourth-order valence-electron chi connectivity index (χ4n) is 3.85. The number of carbonyl (C=O) groups excluding carboxylic acids is 1. The van der Waals surface area contributed by atoms with Gasteiger partial charge in [0.1, 0.15) is 24.3 Å². The highest BCUT2D eigenvalue weighted by molar-refractivity contribution is 6.03. The maximum absolute atomic E-state index is 13.0. The Bertz CT molecular complexity index is 1340. The van der Waals surface area contributed by atoms with Gasteiger partial charge in [0.15, 0.2) is 17.1 Å². The summed E-state index contributed by atoms with van der Waals surface area (Å²) in [5.74, 6) is 0.247. The molecular weight excluding hydrogens is 434 g/mol. The molecule has 1 saturated heterocycles. The molecule has 1 unspecified atom stereocenters. The number of nitrogens with one attached hydrogen (secondary N) is 1. The number of aryl methyl sites for hydroxylation is 1. The Morgan fingerprint density at radius 2 is 2.09 bits per heavy atom. The molecule has 0 bridgehead atoms. The van der Waals surface area contributed by atoms with Crippen molar-refractivity contribution in [2.45, 2.75) is 32.7 Å². The summed E-state index contributed by atoms with van der Waals surface area (Å²) in [6.45, 7) is 6.44. The number of hydrogen-bond acceptors (Lipinski definition) is 7. The van der Waals surface area contributed by atoms with Gasteiger partial charge < -0.3 is 19.5 Å². The first-order chi connectivity index (χ1) is 16.4. The maximum Gasteiger partial charge on any atom is 0.277 e. The number of pyridine rings is 1. The molecule has 9 heteroatoms. The predicted octanol–water partition coefficient (Wildman–Crippen LogP) is 3.88. The van der Waals surface area contributed by atoms with Crippen molar-refractivity contribution in [3.63, 3.8) is 0 Å². The third-order valence-corrected chi connectivity index (χ3v) is 5.41. The summed E-state index contributed by atoms with van der Waals surface area (Å²) in [6, 6.07) is 16.7. The Balaban J connectivity index is 1.38. The van der Waals surface area contributed by atoms with Gasteiger partial charge in [-0.05, 0) is 57.2 Å². The van der Waals surface area contributed by atoms with Crippen molar-refractivity contribution < 1.29 is 19.0 Å². The van der Waals surface area contributed by atoms with E-state index in [0.717, 1.165) is 5.56 Å². The van der Waals surface area contributed by atoms with Crippen LogP contribution in [0.1, 0.15) is 30.0 Å². The monoisotopic (exact) mass is 459 g/mol. The van der Waals surface area contributed by atoms with E-state index in [1.54, 1.807) is 29.8 Å². The summed E-state index contributed by atoms with van der Waals surface area (Å²) in [4.78, 5) is 21.6. The topological polar surface area (TPSA) is 99.9 Å². The molecule has 1 amide bonds. The number of aromatic nitrogens is 4. The van der Waals surface area contributed by atoms with Crippen LogP contribution in [0.2, 0.25) is 0 Å². The molecule has 34 heavy (non-hydrogen) atoms. The van der Waals surface area contributed by atoms with E-state index in [0.29, 0.717) is 47.5 Å². The van der Waals surface area contributed by atoms with Gasteiger partial charge in [0, 0.05) is 11.8 Å². The van der Waals surface area contributed by atoms with Crippen LogP contribution in [0.4, 0.5) is 5.82 Å². The first-order valence-electron chi connectivity index (χ1n) is 11.0. The molecule has 5 rings (SSSR count). The van der Waals surface area contributed by atoms with Gasteiger partial charge in [-0.2, -0.15) is 5.10 Å². The second-order valence-electron chi connectivity index (χ2n) is 8.49. The van der Waals surface area contributed by atoms with Crippen LogP contribution in [0.15, 0.2) is 60.8 Å². The van der Waals surface area contributed by atoms with Crippen molar-refractivity contribution in [2.75, 3.05) is 18.5 Å². The number of nitrogens with zero attached hydrogens (tertiary/aromatic N) is 4. The van der Waals surface area contributed by atoms with Crippen LogP contribution in [0.25, 0.3) is 16.9 Å². The van der Waals surface area contributed by atoms with Gasteiger partial charge in [-0.15, -0.1) is 0 Å². The van der Waals surface area contributed by atoms with Gasteiger partial charge in [0.2, 0.25) is 0 Å². The van der Waals surface area contributed by atoms with Crippen molar-refractivity contribution in [1.82, 2.24) is 19.6 Å². The lowest BCUT2D eigenvalue weighted by Crippen LogP contribution is -2.25. The number of rotatable bonds is 6. The van der Waals surface area contributed by atoms with Gasteiger partial charge in [-0.25, -0.2) is 14.5 Å². The minimum Gasteiger partial charge on any atom is -0.491 e. The third-order valence-electron chi connectivity index (χ3n) is 5.41. The highest BCUT2D eigenvalue weighted by Gasteiger charge is 2.33. The zero-order valence-corrected chi connectivity index (χ0v) is 19.2. The number of carbonyl (C=O) groups is 1. The Hall–Kier alpha value is -3.82. The van der Waals surface area contributed by atoms with Crippen LogP contribution in [0, 0.1) is 6.92 Å². The molecule has 0 saturated carbocycles. The predicted molar refractivity (Wildman–Crippen MR) is 126 cm³/mol. The number of amides is 1. The van der Waals surface area contributed by atoms with Crippen LogP contribution in [-0.2, 0) is 9.47 Å². The zero-order valence-electron chi connectivity index (χ0n) is 19.2. The van der Waals surface area contributed by atoms with Gasteiger partial charge in [-0.1, -0.05) is 18.2 Å². The molecule has 1 aromatic carbocycles. The minimum absolute atomic E-state index is 0.123. The van der Waals surface area contributed by atoms with Crippen LogP contribution in [-0.4, -0.2) is 50.6 Å². The zero-order chi connectivity index (χ0) is 23.7. The van der Waals surface area contributed by atoms with E-state index in [-0.39, 0.29) is 12.0 Å². The Morgan fingerprint density at radius 1 is 1.21 bits per heavy atom. The molecule has 0 radical (unpaired) electrons. The summed E-state index contributed by atoms with van der Waals surface area (Å²) in [5, 5.41) is 7.50. The van der Waals surface area contributed by atoms with Crippen molar-refractivity contribution in [3.05, 3.63) is 72.2 Å². The average molecular weight is 460 g/mol. The van der Waals surface area contributed by atoms with E-state index in [2.05, 4.69) is 15.3 Å². The molecule has 1 N–H and O–H groups in total. The number of ether oxygens (including phenoxy) is 3. The van der Waals surface area contributed by atoms with E-state index in [1.165, 1.54) is 0 Å². The number of anilines is 1. The molecule has 1 fully saturated rings. The van der Waals surface area contributed by atoms with E-state index in [4.69, 9.17) is 19.3 Å². The molecule has 1 atom stereocenters. The lowest BCUT2D eigenvalue weighted by Gasteiger charge is -2.17. The first-order valence-corrected chi connectivity index (χ1v) is 11.0. The molecule has 9 nitrogen and oxygen atoms in total. The molecule has 3 aromatic heterocycles. The fourth-order valence-corrected chi connectivity index (χ4v) is 3.85. The number of benzene rings is 1. The number of imidazole rings is 1. The smallest absolute Gasteiger partial charge is 0.277 e. The lowest BCUT2D eigenvalue weighted by atomic mass is 10.1. The SMILES string of the molecule is Cc1nc2ccc(-c3cccc(OCC4COC(C)(C)O4)c3)nn2c1C(=O)Nc1ccccn1. The fraction of sp³-hybridized carbons (Fsp3) is 0.280. The summed E-state index contributed by atoms with van der Waals surface area (Å²) in [7, 11) is 0. The van der Waals surface area contributed by atoms with E-state index < -0.39 is 5.79 Å². The second-order valence-corrected chi connectivity index (χ2v) is 8.49. The minimum atomic E-state index is -0.585. The van der Waals surface area contributed by atoms with Crippen LogP contribution < -0.4 is 10.1 Å². The van der Waals surface area contributed by atoms with Crippen molar-refractivity contribution in [1.29, 1.82) is 0 Å². The molecule has 4 heterocycles. The molecule has 1 aliphatic rings. The van der Waals surface area contributed by atoms with Crippen molar-refractivity contribution in [3.8, 4) is 17.0 Å². The van der Waals surface area contributed by atoms with Gasteiger partial charge in [0.05, 0.1) is 18.0 Å². The number of fused-ring (bicyclic) bond motifs is 1. The Kier molecular flexibility index (Phi) is 5.72. The molecule has 0 spiro atoms. The first kappa shape index (κ1) is 22.0. The summed E-state index contributed by atoms with van der Waals surface area (Å²) in [5.41, 5.74) is 3.06. The van der Waals surface area contributed by atoms with Crippen LogP contribution >= 0.6 is 0 Å². The van der Waals surface area contributed by atoms with Crippen molar-refractivity contribution >= 4 is 17.4 Å². The maximum atomic E-state index is 13.0. The van der Waals surface area contributed by atoms with Gasteiger partial charge in [-0.3, -0.25) is 4.79 Å². The third kappa shape index (κ3) is 4.61. The molecule has 0 aliphatic carbocycles. The largest absolute Gasteiger partial charge is 0.491 e. The summed E-state index contributed by atoms with van der Waals surface area (Å²) >= 11 is 0. The molecular formula is C25H25N5O4. The van der Waals surface area contributed by atoms with Crippen LogP contribution in [0.5, 0.6) is 5.75 Å². The standard InChI is InChI=1S/C25H25N5O4/c1-16-23(24(31)28-21-9-4-5-12-26-21)30-22(27-16)11-10-20(29-30)17-7-6-8-18(13-17)32-14-19-15-33-25(2,3)34-19/h4-13,19H,14-15H2,1-3H3,(H,26,28,31). The average Bonchev–Trinajstić information content (AvgIpc) is 3.35. The normalized spacial score (nSPS) is 17.1. The van der Waals surface area contributed by atoms with E-state index >= 15 is 0 Å². The van der Waals surface area contributed by atoms with E-state index in [9.17, 15) is 4.79 Å². The molecule has 174 valence electrons.